The Morgan fingerprint density at radius 1 is 1.20 bits per heavy atom. The fourth-order valence-corrected chi connectivity index (χ4v) is 8.08. The van der Waals surface area contributed by atoms with E-state index in [2.05, 4.69) is 0 Å². The average Bonchev–Trinajstić information content (AvgIpc) is 2.77. The summed E-state index contributed by atoms with van der Waals surface area (Å²) in [6.45, 7) is 7.61. The predicted molar refractivity (Wildman–Crippen MR) is 106 cm³/mol. The highest BCUT2D eigenvalue weighted by Crippen LogP contribution is 2.70. The van der Waals surface area contributed by atoms with Crippen LogP contribution in [0.1, 0.15) is 53.4 Å². The van der Waals surface area contributed by atoms with Gasteiger partial charge >= 0.3 is 5.97 Å². The van der Waals surface area contributed by atoms with Crippen molar-refractivity contribution in [1.82, 2.24) is 0 Å². The van der Waals surface area contributed by atoms with E-state index in [9.17, 15) is 24.6 Å². The molecule has 0 aromatic heterocycles. The van der Waals surface area contributed by atoms with E-state index in [4.69, 9.17) is 9.47 Å². The zero-order chi connectivity index (χ0) is 22.2. The number of carbonyl (C=O) groups is 3. The molecule has 1 spiro atoms. The highest BCUT2D eigenvalue weighted by molar-refractivity contribution is 6.01. The molecule has 0 amide bonds. The van der Waals surface area contributed by atoms with Gasteiger partial charge in [0.1, 0.15) is 11.9 Å². The molecule has 0 aliphatic heterocycles. The second kappa shape index (κ2) is 6.84. The molecule has 168 valence electrons. The number of aliphatic hydroxyl groups excluding tert-OH is 2. The van der Waals surface area contributed by atoms with Gasteiger partial charge in [0, 0.05) is 43.6 Å². The van der Waals surface area contributed by atoms with Gasteiger partial charge in [-0.2, -0.15) is 0 Å². The quantitative estimate of drug-likeness (QED) is 0.664. The van der Waals surface area contributed by atoms with Crippen molar-refractivity contribution < 1.29 is 34.1 Å². The molecule has 0 saturated heterocycles. The topological polar surface area (TPSA) is 110 Å². The van der Waals surface area contributed by atoms with E-state index in [1.165, 1.54) is 14.0 Å². The molecule has 7 heteroatoms. The van der Waals surface area contributed by atoms with Gasteiger partial charge in [-0.05, 0) is 30.6 Å². The minimum absolute atomic E-state index is 0.0368. The van der Waals surface area contributed by atoms with Gasteiger partial charge in [-0.1, -0.05) is 20.8 Å². The third kappa shape index (κ3) is 2.51. The zero-order valence-corrected chi connectivity index (χ0v) is 18.5. The highest BCUT2D eigenvalue weighted by atomic mass is 16.5. The van der Waals surface area contributed by atoms with Crippen molar-refractivity contribution in [3.8, 4) is 0 Å². The summed E-state index contributed by atoms with van der Waals surface area (Å²) in [7, 11) is 1.51. The summed E-state index contributed by atoms with van der Waals surface area (Å²) in [6.07, 6.45) is -0.863. The van der Waals surface area contributed by atoms with Crippen LogP contribution in [-0.4, -0.2) is 59.8 Å². The van der Waals surface area contributed by atoms with Crippen LogP contribution in [-0.2, 0) is 23.9 Å². The number of hydrogen-bond donors (Lipinski definition) is 2. The Hall–Kier alpha value is -1.31. The number of carbonyl (C=O) groups excluding carboxylic acids is 3. The van der Waals surface area contributed by atoms with Crippen LogP contribution in [0.3, 0.4) is 0 Å². The summed E-state index contributed by atoms with van der Waals surface area (Å²) in [5.41, 5.74) is -2.50. The number of ether oxygens (including phenoxy) is 2. The van der Waals surface area contributed by atoms with Crippen molar-refractivity contribution in [2.45, 2.75) is 71.7 Å². The Morgan fingerprint density at radius 3 is 2.47 bits per heavy atom. The predicted octanol–water partition coefficient (Wildman–Crippen LogP) is 1.52. The molecule has 30 heavy (non-hydrogen) atoms. The zero-order valence-electron chi connectivity index (χ0n) is 18.5. The number of esters is 1. The Labute approximate surface area is 177 Å². The number of ketones is 2. The van der Waals surface area contributed by atoms with Crippen LogP contribution < -0.4 is 0 Å². The van der Waals surface area contributed by atoms with Crippen molar-refractivity contribution in [1.29, 1.82) is 0 Å². The number of fused-ring (bicyclic) bond motifs is 3. The lowest BCUT2D eigenvalue weighted by molar-refractivity contribution is -0.236. The summed E-state index contributed by atoms with van der Waals surface area (Å²) in [5.74, 6) is -2.53. The van der Waals surface area contributed by atoms with Crippen LogP contribution in [0.5, 0.6) is 0 Å². The third-order valence-corrected chi connectivity index (χ3v) is 9.21. The molecule has 2 bridgehead atoms. The summed E-state index contributed by atoms with van der Waals surface area (Å²) in [6, 6.07) is 0. The van der Waals surface area contributed by atoms with Gasteiger partial charge in [-0.15, -0.1) is 0 Å². The molecule has 0 unspecified atom stereocenters. The maximum Gasteiger partial charge on any atom is 0.302 e. The van der Waals surface area contributed by atoms with Crippen molar-refractivity contribution in [3.63, 3.8) is 0 Å². The fraction of sp³-hybridized carbons (Fsp3) is 0.870. The standard InChI is InChI=1S/C23H34O7/c1-11(24)30-17-6-7-22(4)15(21(17,2)3)9-16(26)23-18(22)14(25)8-12(19(23)27)13(10-29-5)20(23)28/h12-13,15-19,26-27H,6-10H2,1-5H3/t12-,13+,15+,16+,17-,18-,19+,22+,23-/m0/s1. The van der Waals surface area contributed by atoms with Crippen molar-refractivity contribution >= 4 is 17.5 Å². The fourth-order valence-electron chi connectivity index (χ4n) is 8.08. The van der Waals surface area contributed by atoms with Crippen LogP contribution in [0.25, 0.3) is 0 Å². The summed E-state index contributed by atoms with van der Waals surface area (Å²) < 4.78 is 10.9. The molecular weight excluding hydrogens is 388 g/mol. The Balaban J connectivity index is 1.81. The number of aliphatic hydroxyl groups is 2. The maximum atomic E-state index is 13.7. The second-order valence-corrected chi connectivity index (χ2v) is 10.8. The van der Waals surface area contributed by atoms with Crippen LogP contribution >= 0.6 is 0 Å². The Morgan fingerprint density at radius 2 is 1.87 bits per heavy atom. The molecule has 2 N–H and O–H groups in total. The van der Waals surface area contributed by atoms with Crippen LogP contribution in [0, 0.1) is 39.9 Å². The molecule has 4 aliphatic rings. The molecule has 4 aliphatic carbocycles. The van der Waals surface area contributed by atoms with Gasteiger partial charge in [0.2, 0.25) is 0 Å². The highest BCUT2D eigenvalue weighted by Gasteiger charge is 2.77. The van der Waals surface area contributed by atoms with Crippen molar-refractivity contribution in [2.75, 3.05) is 13.7 Å². The lowest BCUT2D eigenvalue weighted by Gasteiger charge is -2.65. The number of rotatable bonds is 3. The smallest absolute Gasteiger partial charge is 0.302 e. The summed E-state index contributed by atoms with van der Waals surface area (Å²) in [4.78, 5) is 38.8. The number of Topliss-reactive ketones (excluding diaryl/α,β-unsaturated/α-hetero) is 2. The molecule has 0 aromatic rings. The van der Waals surface area contributed by atoms with E-state index >= 15 is 0 Å². The van der Waals surface area contributed by atoms with E-state index in [1.807, 2.05) is 20.8 Å². The molecule has 0 heterocycles. The van der Waals surface area contributed by atoms with Crippen molar-refractivity contribution in [2.24, 2.45) is 39.9 Å². The monoisotopic (exact) mass is 422 g/mol. The first kappa shape index (κ1) is 21.9. The Kier molecular flexibility index (Phi) is 5.00. The first-order chi connectivity index (χ1) is 13.9. The van der Waals surface area contributed by atoms with Gasteiger partial charge in [-0.3, -0.25) is 14.4 Å². The molecule has 0 radical (unpaired) electrons. The molecule has 4 fully saturated rings. The van der Waals surface area contributed by atoms with E-state index in [0.717, 1.165) is 0 Å². The van der Waals surface area contributed by atoms with E-state index in [0.29, 0.717) is 19.3 Å². The lowest BCUT2D eigenvalue weighted by atomic mass is 9.39. The third-order valence-electron chi connectivity index (χ3n) is 9.21. The van der Waals surface area contributed by atoms with Crippen LogP contribution in [0.15, 0.2) is 0 Å². The summed E-state index contributed by atoms with van der Waals surface area (Å²) >= 11 is 0. The van der Waals surface area contributed by atoms with Gasteiger partial charge in [0.15, 0.2) is 5.78 Å². The second-order valence-electron chi connectivity index (χ2n) is 10.8. The van der Waals surface area contributed by atoms with E-state index in [-0.39, 0.29) is 42.6 Å². The van der Waals surface area contributed by atoms with Crippen LogP contribution in [0.4, 0.5) is 0 Å². The molecule has 4 saturated carbocycles. The normalized spacial score (nSPS) is 49.4. The first-order valence-electron chi connectivity index (χ1n) is 11.0. The number of hydrogen-bond acceptors (Lipinski definition) is 7. The van der Waals surface area contributed by atoms with Gasteiger partial charge in [-0.25, -0.2) is 0 Å². The summed E-state index contributed by atoms with van der Waals surface area (Å²) in [5, 5.41) is 22.7. The van der Waals surface area contributed by atoms with Gasteiger partial charge < -0.3 is 19.7 Å². The van der Waals surface area contributed by atoms with Crippen LogP contribution in [0.2, 0.25) is 0 Å². The lowest BCUT2D eigenvalue weighted by Crippen LogP contribution is -2.70. The molecule has 0 aromatic carbocycles. The minimum atomic E-state index is -1.46. The molecule has 9 atom stereocenters. The van der Waals surface area contributed by atoms with Gasteiger partial charge in [0.25, 0.3) is 0 Å². The van der Waals surface area contributed by atoms with Crippen molar-refractivity contribution in [3.05, 3.63) is 0 Å². The van der Waals surface area contributed by atoms with E-state index < -0.39 is 46.2 Å². The average molecular weight is 423 g/mol. The SMILES string of the molecule is COC[C@H]1C(=O)[C@@]23[C@H](O)C[C@@H]4C(C)(C)[C@@H](OC(C)=O)CC[C@@]4(C)[C@@H]2C(=O)C[C@@H]1[C@H]3O. The Bertz CT molecular complexity index is 776. The van der Waals surface area contributed by atoms with E-state index in [1.54, 1.807) is 0 Å². The number of methoxy groups -OCH3 is 1. The van der Waals surface area contributed by atoms with Gasteiger partial charge in [0.05, 0.1) is 24.2 Å². The molecule has 4 rings (SSSR count). The maximum absolute atomic E-state index is 13.7. The molecular formula is C23H34O7. The largest absolute Gasteiger partial charge is 0.462 e. The minimum Gasteiger partial charge on any atom is -0.462 e. The first-order valence-corrected chi connectivity index (χ1v) is 11.0. The molecule has 7 nitrogen and oxygen atoms in total.